The summed E-state index contributed by atoms with van der Waals surface area (Å²) in [5, 5.41) is 4.62. The van der Waals surface area contributed by atoms with E-state index < -0.39 is 0 Å². The third kappa shape index (κ3) is 3.13. The van der Waals surface area contributed by atoms with Gasteiger partial charge in [0, 0.05) is 35.0 Å². The number of aryl methyl sites for hydroxylation is 1. The van der Waals surface area contributed by atoms with Crippen LogP contribution in [0, 0.1) is 11.8 Å². The number of hydrogen-bond donors (Lipinski definition) is 1. The molecule has 30 heavy (non-hydrogen) atoms. The van der Waals surface area contributed by atoms with Gasteiger partial charge >= 0.3 is 0 Å². The molecule has 2 aliphatic heterocycles. The second-order valence-corrected chi connectivity index (χ2v) is 9.51. The minimum atomic E-state index is 0.131. The van der Waals surface area contributed by atoms with Crippen molar-refractivity contribution in [3.63, 3.8) is 0 Å². The quantitative estimate of drug-likeness (QED) is 0.676. The monoisotopic (exact) mass is 418 g/mol. The van der Waals surface area contributed by atoms with E-state index in [1.54, 1.807) is 17.7 Å². The van der Waals surface area contributed by atoms with Gasteiger partial charge in [-0.1, -0.05) is 6.07 Å². The van der Waals surface area contributed by atoms with Crippen LogP contribution in [0.25, 0.3) is 10.2 Å². The number of Topliss-reactive ketones (excluding diaryl/α,β-unsaturated/α-hetero) is 1. The molecule has 6 nitrogen and oxygen atoms in total. The number of hydrogen-bond acceptors (Lipinski definition) is 7. The summed E-state index contributed by atoms with van der Waals surface area (Å²) in [6, 6.07) is 6.33. The molecule has 152 valence electrons. The number of fused-ring (bicyclic) bond motifs is 4. The number of benzene rings is 1. The van der Waals surface area contributed by atoms with Gasteiger partial charge in [-0.05, 0) is 48.1 Å². The van der Waals surface area contributed by atoms with E-state index in [0.717, 1.165) is 66.3 Å². The topological polar surface area (TPSA) is 76.5 Å². The molecule has 6 rings (SSSR count). The van der Waals surface area contributed by atoms with Crippen molar-refractivity contribution in [3.05, 3.63) is 46.1 Å². The molecule has 1 fully saturated rings. The van der Waals surface area contributed by atoms with E-state index >= 15 is 0 Å². The smallest absolute Gasteiger partial charge is 0.142 e. The third-order valence-corrected chi connectivity index (χ3v) is 7.56. The van der Waals surface area contributed by atoms with Gasteiger partial charge in [0.1, 0.15) is 22.8 Å². The minimum Gasteiger partial charge on any atom is -0.381 e. The van der Waals surface area contributed by atoms with Crippen LogP contribution in [-0.4, -0.2) is 35.2 Å². The first kappa shape index (κ1) is 18.2. The van der Waals surface area contributed by atoms with E-state index in [4.69, 9.17) is 4.74 Å². The molecule has 0 bridgehead atoms. The lowest BCUT2D eigenvalue weighted by Crippen LogP contribution is -2.32. The van der Waals surface area contributed by atoms with Crippen LogP contribution in [0.3, 0.4) is 0 Å². The zero-order chi connectivity index (χ0) is 20.1. The zero-order valence-corrected chi connectivity index (χ0v) is 17.4. The molecule has 1 unspecified atom stereocenters. The molecule has 0 radical (unpaired) electrons. The Kier molecular flexibility index (Phi) is 4.39. The molecule has 1 saturated heterocycles. The number of ketones is 1. The van der Waals surface area contributed by atoms with Gasteiger partial charge < -0.3 is 10.1 Å². The van der Waals surface area contributed by atoms with Crippen LogP contribution in [0.5, 0.6) is 0 Å². The van der Waals surface area contributed by atoms with Crippen molar-refractivity contribution in [3.8, 4) is 0 Å². The fraction of sp³-hybridized carbons (Fsp3) is 0.391. The molecule has 7 heteroatoms. The van der Waals surface area contributed by atoms with Crippen LogP contribution in [0.1, 0.15) is 34.4 Å². The maximum Gasteiger partial charge on any atom is 0.142 e. The van der Waals surface area contributed by atoms with E-state index in [1.807, 2.05) is 6.21 Å². The molecule has 1 N–H and O–H groups in total. The molecule has 2 aromatic heterocycles. The number of aliphatic imine (C=N–C) groups is 1. The summed E-state index contributed by atoms with van der Waals surface area (Å²) in [5.74, 6) is 1.81. The summed E-state index contributed by atoms with van der Waals surface area (Å²) in [6.45, 7) is 2.25. The van der Waals surface area contributed by atoms with Gasteiger partial charge in [-0.2, -0.15) is 0 Å². The van der Waals surface area contributed by atoms with Crippen molar-refractivity contribution in [1.29, 1.82) is 0 Å². The van der Waals surface area contributed by atoms with Gasteiger partial charge in [-0.15, -0.1) is 11.3 Å². The highest BCUT2D eigenvalue weighted by Gasteiger charge is 2.31. The van der Waals surface area contributed by atoms with Crippen LogP contribution in [0.15, 0.2) is 29.5 Å². The van der Waals surface area contributed by atoms with Gasteiger partial charge in [0.15, 0.2) is 0 Å². The summed E-state index contributed by atoms with van der Waals surface area (Å²) in [6.07, 6.45) is 6.87. The van der Waals surface area contributed by atoms with Crippen LogP contribution in [0.2, 0.25) is 0 Å². The van der Waals surface area contributed by atoms with E-state index in [9.17, 15) is 4.79 Å². The van der Waals surface area contributed by atoms with E-state index in [1.165, 1.54) is 16.0 Å². The number of carbonyl (C=O) groups excluding carboxylic acids is 1. The van der Waals surface area contributed by atoms with Crippen LogP contribution in [-0.2, 0) is 28.9 Å². The first-order valence-electron chi connectivity index (χ1n) is 10.5. The average Bonchev–Trinajstić information content (AvgIpc) is 3.34. The summed E-state index contributed by atoms with van der Waals surface area (Å²) < 4.78 is 5.23. The third-order valence-electron chi connectivity index (χ3n) is 6.40. The molecule has 1 atom stereocenters. The number of carbonyl (C=O) groups is 1. The summed E-state index contributed by atoms with van der Waals surface area (Å²) in [4.78, 5) is 28.4. The van der Waals surface area contributed by atoms with Gasteiger partial charge in [-0.3, -0.25) is 9.79 Å². The number of ether oxygens (including phenoxy) is 1. The average molecular weight is 419 g/mol. The van der Waals surface area contributed by atoms with Crippen LogP contribution >= 0.6 is 11.3 Å². The lowest BCUT2D eigenvalue weighted by molar-refractivity contribution is -0.128. The Morgan fingerprint density at radius 1 is 1.27 bits per heavy atom. The number of rotatable bonds is 5. The lowest BCUT2D eigenvalue weighted by Gasteiger charge is -2.28. The highest BCUT2D eigenvalue weighted by Crippen LogP contribution is 2.41. The van der Waals surface area contributed by atoms with E-state index in [-0.39, 0.29) is 5.92 Å². The molecule has 0 amide bonds. The molecule has 1 aliphatic carbocycles. The SMILES string of the molecule is O=C(CC1COC1)C1CCc2c(sc3ncnc(Nc4ccc5c(c4)C=NC5)c23)C1. The Labute approximate surface area is 178 Å². The highest BCUT2D eigenvalue weighted by molar-refractivity contribution is 7.19. The maximum absolute atomic E-state index is 12.7. The number of nitrogens with one attached hydrogen (secondary N) is 1. The van der Waals surface area contributed by atoms with Crippen molar-refractivity contribution in [2.75, 3.05) is 18.5 Å². The van der Waals surface area contributed by atoms with Crippen LogP contribution < -0.4 is 5.32 Å². The zero-order valence-electron chi connectivity index (χ0n) is 16.6. The number of thiophene rings is 1. The maximum atomic E-state index is 12.7. The Hall–Kier alpha value is -2.64. The molecule has 3 aromatic rings. The lowest BCUT2D eigenvalue weighted by atomic mass is 9.82. The van der Waals surface area contributed by atoms with E-state index in [2.05, 4.69) is 38.5 Å². The van der Waals surface area contributed by atoms with Crippen molar-refractivity contribution in [2.24, 2.45) is 16.8 Å². The number of nitrogens with zero attached hydrogens (tertiary/aromatic N) is 3. The van der Waals surface area contributed by atoms with Crippen molar-refractivity contribution < 1.29 is 9.53 Å². The normalized spacial score (nSPS) is 20.1. The summed E-state index contributed by atoms with van der Waals surface area (Å²) in [7, 11) is 0. The first-order chi connectivity index (χ1) is 14.7. The molecule has 0 spiro atoms. The summed E-state index contributed by atoms with van der Waals surface area (Å²) >= 11 is 1.72. The van der Waals surface area contributed by atoms with Crippen molar-refractivity contribution in [2.45, 2.75) is 32.2 Å². The van der Waals surface area contributed by atoms with E-state index in [0.29, 0.717) is 18.1 Å². The fourth-order valence-electron chi connectivity index (χ4n) is 4.65. The van der Waals surface area contributed by atoms with Crippen molar-refractivity contribution >= 4 is 45.1 Å². The van der Waals surface area contributed by atoms with Crippen LogP contribution in [0.4, 0.5) is 11.5 Å². The largest absolute Gasteiger partial charge is 0.381 e. The molecule has 0 saturated carbocycles. The highest BCUT2D eigenvalue weighted by atomic mass is 32.1. The minimum absolute atomic E-state index is 0.131. The van der Waals surface area contributed by atoms with Gasteiger partial charge in [0.25, 0.3) is 0 Å². The first-order valence-corrected chi connectivity index (χ1v) is 11.3. The second kappa shape index (κ2) is 7.25. The van der Waals surface area contributed by atoms with Gasteiger partial charge in [0.2, 0.25) is 0 Å². The second-order valence-electron chi connectivity index (χ2n) is 8.43. The molecule has 4 heterocycles. The fourth-order valence-corrected chi connectivity index (χ4v) is 5.92. The summed E-state index contributed by atoms with van der Waals surface area (Å²) in [5.41, 5.74) is 4.74. The molecule has 1 aromatic carbocycles. The molecular formula is C23H22N4O2S. The molecule has 3 aliphatic rings. The number of aromatic nitrogens is 2. The molecular weight excluding hydrogens is 396 g/mol. The Balaban J connectivity index is 1.28. The van der Waals surface area contributed by atoms with Crippen molar-refractivity contribution in [1.82, 2.24) is 9.97 Å². The Bertz CT molecular complexity index is 1180. The Morgan fingerprint density at radius 2 is 2.20 bits per heavy atom. The van der Waals surface area contributed by atoms with Gasteiger partial charge in [-0.25, -0.2) is 9.97 Å². The predicted molar refractivity (Wildman–Crippen MR) is 118 cm³/mol. The number of anilines is 2. The van der Waals surface area contributed by atoms with Gasteiger partial charge in [0.05, 0.1) is 25.1 Å². The predicted octanol–water partition coefficient (Wildman–Crippen LogP) is 4.08. The standard InChI is InChI=1S/C23H22N4O2S/c28-19(5-13-10-29-11-13)14-2-4-18-20(7-14)30-23-21(18)22(25-12-26-23)27-17-3-1-15-8-24-9-16(15)6-17/h1,3,6,9,12-14H,2,4-5,7-8,10-11H2,(H,25,26,27). The Morgan fingerprint density at radius 3 is 3.07 bits per heavy atom.